The Hall–Kier alpha value is -4.96. The molecule has 0 spiro atoms. The highest BCUT2D eigenvalue weighted by Crippen LogP contribution is 2.19. The molecule has 0 saturated carbocycles. The van der Waals surface area contributed by atoms with Crippen LogP contribution in [0.15, 0.2) is 30.5 Å². The van der Waals surface area contributed by atoms with Gasteiger partial charge in [0.2, 0.25) is 5.91 Å². The standard InChI is InChI=1S/C39H61N11O13/c1-3-49-23-7-6-20(14-24(23)50(4-2)29(49)15-45-39(63)30-35(40)47-37-22(46-30)9-11-43-37)38(62)44-12-8-21(36(41)61)42-10-5-13-48(16-25(53)31(57)33(59)27(55)18-51)17-26(54)32(58)34(60)28(56)19-52/h6-7,9,11,14,21,25-28,31-34,42,51-60H,3-5,8,10,12-13,15-19H2,1-2H3,(H6-,40,41,43,44,45,46,47,61,62,63)/p+1. The lowest BCUT2D eigenvalue weighted by Gasteiger charge is -2.33. The summed E-state index contributed by atoms with van der Waals surface area (Å²) in [5.41, 5.74) is 14.5. The predicted octanol–water partition coefficient (Wildman–Crippen LogP) is -6.12. The van der Waals surface area contributed by atoms with Gasteiger partial charge in [-0.25, -0.2) is 19.1 Å². The molecular formula is C39H62N11O13+. The number of primary amides is 1. The SMILES string of the molecule is CCn1c(CNC(=O)c2nc3cc[nH]c3nc2N)[n+](CC)c2ccc(C(=O)NCCC(NCCCN(CC(O)C(O)C(O)C(O)CO)CC(O)C(O)C(O)C(O)CO)C(N)=O)cc21. The molecule has 9 atom stereocenters. The molecule has 0 bridgehead atoms. The van der Waals surface area contributed by atoms with E-state index in [9.17, 15) is 55.2 Å². The molecule has 3 amide bonds. The number of nitrogens with one attached hydrogen (secondary N) is 4. The second-order valence-electron chi connectivity index (χ2n) is 15.1. The highest BCUT2D eigenvalue weighted by atomic mass is 16.4. The van der Waals surface area contributed by atoms with Gasteiger partial charge in [0.1, 0.15) is 48.7 Å². The molecule has 0 aliphatic heterocycles. The molecule has 3 heterocycles. The molecule has 0 radical (unpaired) electrons. The molecule has 0 aliphatic rings. The highest BCUT2D eigenvalue weighted by Gasteiger charge is 2.34. The number of benzene rings is 1. The second kappa shape index (κ2) is 23.6. The zero-order valence-electron chi connectivity index (χ0n) is 35.2. The number of carbonyl (C=O) groups excluding carboxylic acids is 3. The Balaban J connectivity index is 1.36. The van der Waals surface area contributed by atoms with E-state index in [-0.39, 0.29) is 50.5 Å². The van der Waals surface area contributed by atoms with Crippen LogP contribution in [-0.4, -0.2) is 194 Å². The van der Waals surface area contributed by atoms with Gasteiger partial charge in [-0.3, -0.25) is 19.3 Å². The summed E-state index contributed by atoms with van der Waals surface area (Å²) in [5, 5.41) is 108. The summed E-state index contributed by atoms with van der Waals surface area (Å²) in [7, 11) is 0. The molecule has 4 rings (SSSR count). The van der Waals surface area contributed by atoms with Gasteiger partial charge >= 0.3 is 0 Å². The Morgan fingerprint density at radius 1 is 0.841 bits per heavy atom. The lowest BCUT2D eigenvalue weighted by Crippen LogP contribution is -2.53. The molecule has 1 aromatic carbocycles. The van der Waals surface area contributed by atoms with E-state index < -0.39 is 98.9 Å². The maximum atomic E-state index is 13.4. The van der Waals surface area contributed by atoms with Gasteiger partial charge in [0.25, 0.3) is 17.6 Å². The molecule has 0 saturated heterocycles. The molecule has 3 aromatic heterocycles. The summed E-state index contributed by atoms with van der Waals surface area (Å²) in [6.07, 6.45) is -12.8. The van der Waals surface area contributed by atoms with Gasteiger partial charge in [-0.05, 0) is 58.0 Å². The Bertz CT molecular complexity index is 2090. The number of hydrogen-bond donors (Lipinski definition) is 16. The van der Waals surface area contributed by atoms with Gasteiger partial charge in [0.05, 0.1) is 44.6 Å². The Morgan fingerprint density at radius 3 is 2.03 bits per heavy atom. The number of nitrogens with two attached hydrogens (primary N) is 2. The molecule has 4 aromatic rings. The maximum absolute atomic E-state index is 13.4. The quantitative estimate of drug-likeness (QED) is 0.0196. The lowest BCUT2D eigenvalue weighted by atomic mass is 10.0. The smallest absolute Gasteiger partial charge is 0.277 e. The topological polar surface area (TPSA) is 395 Å². The molecule has 0 fully saturated rings. The number of aliphatic hydroxyl groups excluding tert-OH is 10. The van der Waals surface area contributed by atoms with Crippen LogP contribution in [0.25, 0.3) is 22.2 Å². The van der Waals surface area contributed by atoms with Crippen molar-refractivity contribution >= 4 is 45.7 Å². The van der Waals surface area contributed by atoms with E-state index in [1.54, 1.807) is 24.4 Å². The predicted molar refractivity (Wildman–Crippen MR) is 224 cm³/mol. The Labute approximate surface area is 361 Å². The van der Waals surface area contributed by atoms with E-state index in [0.29, 0.717) is 29.8 Å². The minimum absolute atomic E-state index is 0.00231. The van der Waals surface area contributed by atoms with Gasteiger partial charge < -0.3 is 83.5 Å². The van der Waals surface area contributed by atoms with E-state index in [2.05, 4.69) is 30.9 Å². The van der Waals surface area contributed by atoms with Crippen LogP contribution in [0.5, 0.6) is 0 Å². The van der Waals surface area contributed by atoms with Crippen LogP contribution >= 0.6 is 0 Å². The number of carbonyl (C=O) groups is 3. The van der Waals surface area contributed by atoms with Crippen molar-refractivity contribution in [3.05, 3.63) is 47.5 Å². The van der Waals surface area contributed by atoms with Crippen molar-refractivity contribution in [3.63, 3.8) is 0 Å². The number of aromatic nitrogens is 5. The van der Waals surface area contributed by atoms with Crippen LogP contribution in [0.4, 0.5) is 5.82 Å². The summed E-state index contributed by atoms with van der Waals surface area (Å²) in [4.78, 5) is 51.7. The zero-order chi connectivity index (χ0) is 46.5. The first-order valence-electron chi connectivity index (χ1n) is 20.6. The van der Waals surface area contributed by atoms with Crippen LogP contribution in [-0.2, 0) is 24.4 Å². The van der Waals surface area contributed by atoms with Crippen LogP contribution < -0.4 is 32.0 Å². The summed E-state index contributed by atoms with van der Waals surface area (Å²) in [6.45, 7) is 2.57. The van der Waals surface area contributed by atoms with Crippen LogP contribution in [0.2, 0.25) is 0 Å². The number of amides is 3. The molecule has 24 heteroatoms. The Kier molecular flexibility index (Phi) is 19.0. The van der Waals surface area contributed by atoms with Gasteiger partial charge in [-0.15, -0.1) is 0 Å². The van der Waals surface area contributed by atoms with Gasteiger partial charge in [0.15, 0.2) is 28.2 Å². The van der Waals surface area contributed by atoms with E-state index in [1.165, 1.54) is 4.90 Å². The molecular weight excluding hydrogens is 830 g/mol. The first-order valence-corrected chi connectivity index (χ1v) is 20.6. The average molecular weight is 893 g/mol. The van der Waals surface area contributed by atoms with E-state index in [4.69, 9.17) is 21.7 Å². The first kappa shape index (κ1) is 50.7. The fourth-order valence-electron chi connectivity index (χ4n) is 7.21. The summed E-state index contributed by atoms with van der Waals surface area (Å²) in [6, 6.07) is 6.00. The monoisotopic (exact) mass is 892 g/mol. The third kappa shape index (κ3) is 12.8. The fraction of sp³-hybridized carbons (Fsp3) is 0.590. The number of aliphatic hydroxyl groups is 10. The summed E-state index contributed by atoms with van der Waals surface area (Å²) in [5.74, 6) is -0.874. The van der Waals surface area contributed by atoms with Gasteiger partial charge in [-0.2, -0.15) is 0 Å². The lowest BCUT2D eigenvalue weighted by molar-refractivity contribution is -0.676. The average Bonchev–Trinajstić information content (AvgIpc) is 3.86. The number of aryl methyl sites for hydroxylation is 2. The van der Waals surface area contributed by atoms with E-state index in [1.807, 2.05) is 29.0 Å². The number of anilines is 1. The minimum atomic E-state index is -1.94. The fourth-order valence-corrected chi connectivity index (χ4v) is 7.21. The molecule has 9 unspecified atom stereocenters. The number of rotatable bonds is 27. The van der Waals surface area contributed by atoms with Crippen LogP contribution in [0.3, 0.4) is 0 Å². The number of hydrogen-bond acceptors (Lipinski definition) is 18. The van der Waals surface area contributed by atoms with Crippen molar-refractivity contribution < 1.29 is 70.0 Å². The maximum Gasteiger partial charge on any atom is 0.277 e. The molecule has 18 N–H and O–H groups in total. The second-order valence-corrected chi connectivity index (χ2v) is 15.1. The van der Waals surface area contributed by atoms with Crippen LogP contribution in [0.1, 0.15) is 53.4 Å². The minimum Gasteiger partial charge on any atom is -0.394 e. The van der Waals surface area contributed by atoms with E-state index in [0.717, 1.165) is 16.9 Å². The van der Waals surface area contributed by atoms with Crippen molar-refractivity contribution in [3.8, 4) is 0 Å². The number of nitrogens with zero attached hydrogens (tertiary/aromatic N) is 5. The van der Waals surface area contributed by atoms with Gasteiger partial charge in [-0.1, -0.05) is 0 Å². The number of fused-ring (bicyclic) bond motifs is 2. The first-order chi connectivity index (χ1) is 30.0. The molecule has 0 aliphatic carbocycles. The number of H-pyrrole nitrogens is 1. The summed E-state index contributed by atoms with van der Waals surface area (Å²) >= 11 is 0. The van der Waals surface area contributed by atoms with Crippen molar-refractivity contribution in [2.75, 3.05) is 51.7 Å². The van der Waals surface area contributed by atoms with Gasteiger partial charge in [0, 0.05) is 37.5 Å². The third-order valence-electron chi connectivity index (χ3n) is 10.8. The van der Waals surface area contributed by atoms with Crippen LogP contribution in [0, 0.1) is 0 Å². The van der Waals surface area contributed by atoms with Crippen molar-refractivity contribution in [1.82, 2.24) is 40.4 Å². The number of aromatic amines is 1. The molecule has 63 heavy (non-hydrogen) atoms. The van der Waals surface area contributed by atoms with Crippen molar-refractivity contribution in [2.45, 2.75) is 101 Å². The largest absolute Gasteiger partial charge is 0.394 e. The highest BCUT2D eigenvalue weighted by molar-refractivity contribution is 5.98. The number of nitrogen functional groups attached to an aromatic ring is 1. The molecule has 350 valence electrons. The zero-order valence-corrected chi connectivity index (χ0v) is 35.2. The van der Waals surface area contributed by atoms with E-state index >= 15 is 0 Å². The third-order valence-corrected chi connectivity index (χ3v) is 10.8. The summed E-state index contributed by atoms with van der Waals surface area (Å²) < 4.78 is 4.00. The normalized spacial score (nSPS) is 16.3. The Morgan fingerprint density at radius 2 is 1.46 bits per heavy atom. The molecule has 24 nitrogen and oxygen atoms in total. The van der Waals surface area contributed by atoms with Crippen molar-refractivity contribution in [1.29, 1.82) is 0 Å². The van der Waals surface area contributed by atoms with Crippen molar-refractivity contribution in [2.24, 2.45) is 5.73 Å². The number of imidazole rings is 1.